The van der Waals surface area contributed by atoms with Gasteiger partial charge in [0.15, 0.2) is 0 Å². The lowest BCUT2D eigenvalue weighted by Gasteiger charge is -2.55. The molecule has 0 bridgehead atoms. The molecule has 0 radical (unpaired) electrons. The molecule has 208 valence electrons. The van der Waals surface area contributed by atoms with Gasteiger partial charge in [-0.15, -0.1) is 0 Å². The van der Waals surface area contributed by atoms with Crippen molar-refractivity contribution < 1.29 is 43.4 Å². The van der Waals surface area contributed by atoms with E-state index < -0.39 is 40.0 Å². The number of β-lactam (4-membered cyclic amide) rings is 1. The predicted octanol–water partition coefficient (Wildman–Crippen LogP) is 3.32. The van der Waals surface area contributed by atoms with Gasteiger partial charge in [0.25, 0.3) is 11.6 Å². The first-order valence-electron chi connectivity index (χ1n) is 12.1. The second kappa shape index (κ2) is 11.7. The SMILES string of the molecule is CC[C@@H](OC(=O)OCc1ccc([N+](=O)[O-])cc1)C1(O)C(=O)N2C(C(=O)OCc3ccccc3)=C(C)C(=[N+]=[N-])S[C@@H]21. The fourth-order valence-corrected chi connectivity index (χ4v) is 5.57. The zero-order valence-corrected chi connectivity index (χ0v) is 22.2. The zero-order chi connectivity index (χ0) is 29.0. The molecular formula is C26H24N4O9S. The van der Waals surface area contributed by atoms with Gasteiger partial charge in [-0.3, -0.25) is 19.8 Å². The Kier molecular flexibility index (Phi) is 8.33. The van der Waals surface area contributed by atoms with Crippen LogP contribution in [0.1, 0.15) is 31.4 Å². The number of aliphatic hydroxyl groups is 1. The van der Waals surface area contributed by atoms with Gasteiger partial charge in [0, 0.05) is 12.1 Å². The van der Waals surface area contributed by atoms with E-state index in [1.165, 1.54) is 31.2 Å². The molecule has 1 unspecified atom stereocenters. The Balaban J connectivity index is 1.47. The fourth-order valence-electron chi connectivity index (χ4n) is 4.30. The number of ether oxygens (including phenoxy) is 3. The van der Waals surface area contributed by atoms with Crippen LogP contribution in [0.3, 0.4) is 0 Å². The van der Waals surface area contributed by atoms with Gasteiger partial charge < -0.3 is 24.8 Å². The van der Waals surface area contributed by atoms with Crippen molar-refractivity contribution in [3.8, 4) is 0 Å². The summed E-state index contributed by atoms with van der Waals surface area (Å²) in [6.07, 6.45) is -2.56. The van der Waals surface area contributed by atoms with Crippen molar-refractivity contribution in [3.63, 3.8) is 0 Å². The number of hydrogen-bond acceptors (Lipinski definition) is 10. The van der Waals surface area contributed by atoms with E-state index in [0.29, 0.717) is 11.1 Å². The molecule has 0 aliphatic carbocycles. The summed E-state index contributed by atoms with van der Waals surface area (Å²) in [5.41, 5.74) is 8.30. The number of benzene rings is 2. The van der Waals surface area contributed by atoms with E-state index in [4.69, 9.17) is 14.2 Å². The molecule has 0 saturated carbocycles. The Morgan fingerprint density at radius 1 is 1.15 bits per heavy atom. The van der Waals surface area contributed by atoms with Crippen LogP contribution in [-0.4, -0.2) is 59.9 Å². The third-order valence-electron chi connectivity index (χ3n) is 6.41. The molecule has 4 rings (SSSR count). The van der Waals surface area contributed by atoms with Gasteiger partial charge in [0.05, 0.1) is 10.5 Å². The predicted molar refractivity (Wildman–Crippen MR) is 139 cm³/mol. The lowest BCUT2D eigenvalue weighted by Crippen LogP contribution is -2.78. The highest BCUT2D eigenvalue weighted by Crippen LogP contribution is 2.49. The fraction of sp³-hybridized carbons (Fsp3) is 0.308. The van der Waals surface area contributed by atoms with Crippen molar-refractivity contribution in [1.82, 2.24) is 4.90 Å². The number of amides is 1. The molecule has 40 heavy (non-hydrogen) atoms. The van der Waals surface area contributed by atoms with E-state index in [2.05, 4.69) is 4.79 Å². The van der Waals surface area contributed by atoms with Crippen LogP contribution in [0.4, 0.5) is 10.5 Å². The molecule has 2 aromatic carbocycles. The Hall–Kier alpha value is -4.52. The first kappa shape index (κ1) is 28.5. The third-order valence-corrected chi connectivity index (χ3v) is 7.82. The first-order valence-corrected chi connectivity index (χ1v) is 12.9. The number of carbonyl (C=O) groups excluding carboxylic acids is 3. The maximum absolute atomic E-state index is 13.3. The number of fused-ring (bicyclic) bond motifs is 1. The van der Waals surface area contributed by atoms with E-state index in [-0.39, 0.29) is 41.6 Å². The van der Waals surface area contributed by atoms with Crippen molar-refractivity contribution in [3.05, 3.63) is 92.6 Å². The maximum Gasteiger partial charge on any atom is 0.509 e. The van der Waals surface area contributed by atoms with Crippen LogP contribution in [0.5, 0.6) is 0 Å². The van der Waals surface area contributed by atoms with Gasteiger partial charge >= 0.3 is 17.2 Å². The molecule has 14 heteroatoms. The lowest BCUT2D eigenvalue weighted by atomic mass is 9.83. The minimum atomic E-state index is -2.27. The number of thioether (sulfide) groups is 1. The third kappa shape index (κ3) is 5.32. The van der Waals surface area contributed by atoms with Gasteiger partial charge in [0.2, 0.25) is 5.60 Å². The van der Waals surface area contributed by atoms with Crippen molar-refractivity contribution in [2.75, 3.05) is 0 Å². The minimum absolute atomic E-state index is 0.00184. The molecule has 2 aliphatic rings. The monoisotopic (exact) mass is 568 g/mol. The van der Waals surface area contributed by atoms with E-state index >= 15 is 0 Å². The molecule has 0 aromatic heterocycles. The van der Waals surface area contributed by atoms with Crippen molar-refractivity contribution in [2.45, 2.75) is 50.6 Å². The smallest absolute Gasteiger partial charge is 0.456 e. The molecule has 1 amide bonds. The molecule has 1 fully saturated rings. The number of rotatable bonds is 9. The summed E-state index contributed by atoms with van der Waals surface area (Å²) in [5, 5.41) is 21.0. The van der Waals surface area contributed by atoms with Gasteiger partial charge in [-0.1, -0.05) is 37.3 Å². The molecule has 13 nitrogen and oxygen atoms in total. The van der Waals surface area contributed by atoms with Crippen LogP contribution in [0.25, 0.3) is 5.53 Å². The largest absolute Gasteiger partial charge is 0.509 e. The summed E-state index contributed by atoms with van der Waals surface area (Å²) < 4.78 is 15.7. The first-order chi connectivity index (χ1) is 19.1. The molecular weight excluding hydrogens is 544 g/mol. The lowest BCUT2D eigenvalue weighted by molar-refractivity contribution is -0.384. The number of esters is 1. The van der Waals surface area contributed by atoms with E-state index in [0.717, 1.165) is 16.7 Å². The summed E-state index contributed by atoms with van der Waals surface area (Å²) in [6, 6.07) is 14.2. The molecule has 3 atom stereocenters. The topological polar surface area (TPSA) is 182 Å². The van der Waals surface area contributed by atoms with Crippen LogP contribution in [0.2, 0.25) is 0 Å². The molecule has 2 aromatic rings. The van der Waals surface area contributed by atoms with Crippen LogP contribution in [0, 0.1) is 10.1 Å². The Bertz CT molecular complexity index is 1420. The number of nitro benzene ring substituents is 1. The molecule has 2 aliphatic heterocycles. The van der Waals surface area contributed by atoms with Gasteiger partial charge in [-0.05, 0) is 48.4 Å². The number of nitrogens with zero attached hydrogens (tertiary/aromatic N) is 4. The Labute approximate surface area is 232 Å². The molecule has 0 spiro atoms. The van der Waals surface area contributed by atoms with Crippen molar-refractivity contribution >= 4 is 40.5 Å². The maximum atomic E-state index is 13.3. The summed E-state index contributed by atoms with van der Waals surface area (Å²) in [4.78, 5) is 53.3. The van der Waals surface area contributed by atoms with Crippen LogP contribution >= 0.6 is 11.8 Å². The van der Waals surface area contributed by atoms with E-state index in [1.807, 2.05) is 6.07 Å². The normalized spacial score (nSPS) is 20.6. The second-order valence-electron chi connectivity index (χ2n) is 8.89. The summed E-state index contributed by atoms with van der Waals surface area (Å²) >= 11 is 0.823. The summed E-state index contributed by atoms with van der Waals surface area (Å²) in [6.45, 7) is 2.70. The standard InChI is InChI=1S/C26H24N4O9S/c1-3-19(39-25(33)38-14-17-9-11-18(12-10-17)30(35)36)26(34)23(32)29-20(15(2)21(28-27)40-24(26)29)22(31)37-13-16-7-5-4-6-8-16/h4-12,19,24,34H,3,13-14H2,1-2H3/t19-,24-,26?/m1/s1. The Morgan fingerprint density at radius 2 is 1.77 bits per heavy atom. The van der Waals surface area contributed by atoms with E-state index in [9.17, 15) is 35.1 Å². The molecule has 2 heterocycles. The highest BCUT2D eigenvalue weighted by atomic mass is 32.2. The zero-order valence-electron chi connectivity index (χ0n) is 21.4. The average molecular weight is 569 g/mol. The van der Waals surface area contributed by atoms with Gasteiger partial charge in [-0.2, -0.15) is 4.79 Å². The quantitative estimate of drug-likeness (QED) is 0.118. The summed E-state index contributed by atoms with van der Waals surface area (Å²) in [5.74, 6) is -1.76. The summed E-state index contributed by atoms with van der Waals surface area (Å²) in [7, 11) is 0. The van der Waals surface area contributed by atoms with Gasteiger partial charge in [0.1, 0.15) is 30.4 Å². The molecule has 1 saturated heterocycles. The second-order valence-corrected chi connectivity index (χ2v) is 9.96. The van der Waals surface area contributed by atoms with Gasteiger partial charge in [-0.25, -0.2) is 9.59 Å². The highest BCUT2D eigenvalue weighted by Gasteiger charge is 2.70. The Morgan fingerprint density at radius 3 is 2.38 bits per heavy atom. The number of nitro groups is 1. The number of hydrogen-bond donors (Lipinski definition) is 1. The highest BCUT2D eigenvalue weighted by molar-refractivity contribution is 8.14. The number of carbonyl (C=O) groups is 3. The van der Waals surface area contributed by atoms with Crippen LogP contribution in [-0.2, 0) is 37.0 Å². The minimum Gasteiger partial charge on any atom is -0.456 e. The van der Waals surface area contributed by atoms with Crippen LogP contribution < -0.4 is 0 Å². The molecule has 1 N–H and O–H groups in total. The van der Waals surface area contributed by atoms with E-state index in [1.54, 1.807) is 31.2 Å². The average Bonchev–Trinajstić information content (AvgIpc) is 2.97. The van der Waals surface area contributed by atoms with Crippen LogP contribution in [0.15, 0.2) is 65.9 Å². The van der Waals surface area contributed by atoms with Crippen molar-refractivity contribution in [1.29, 1.82) is 0 Å². The van der Waals surface area contributed by atoms with Crippen molar-refractivity contribution in [2.24, 2.45) is 0 Å². The number of non-ortho nitro benzene ring substituents is 1.